The van der Waals surface area contributed by atoms with Gasteiger partial charge in [-0.25, -0.2) is 4.79 Å². The molecule has 0 bridgehead atoms. The number of carbonyl (C=O) groups excluding carboxylic acids is 4. The van der Waals surface area contributed by atoms with Gasteiger partial charge in [0.1, 0.15) is 19.2 Å². The van der Waals surface area contributed by atoms with Crippen molar-refractivity contribution >= 4 is 23.9 Å². The summed E-state index contributed by atoms with van der Waals surface area (Å²) >= 11 is 0. The van der Waals surface area contributed by atoms with E-state index in [0.717, 1.165) is 0 Å². The second-order valence-electron chi connectivity index (χ2n) is 6.74. The number of β-lactam (4-membered cyclic amide) rings is 1. The molecular formula is C15H12F6N3NaO6. The third-order valence-corrected chi connectivity index (χ3v) is 5.02. The van der Waals surface area contributed by atoms with E-state index in [9.17, 15) is 50.6 Å². The molecule has 1 unspecified atom stereocenters. The number of carbonyl (C=O) groups is 4. The molecule has 0 aromatic rings. The SMILES string of the molecule is O=C(NCC(F)(F)F)OCC1=C(C(=O)[O-])N2C(=O)[C@@H]3[C@H]2C1CCN3C(=O)C(F)(F)F.[Na+]. The number of hydrogen-bond donors (Lipinski definition) is 1. The maximum Gasteiger partial charge on any atom is 1.00 e. The number of nitrogens with one attached hydrogen (secondary N) is 1. The molecule has 3 atom stereocenters. The second-order valence-corrected chi connectivity index (χ2v) is 6.74. The van der Waals surface area contributed by atoms with Crippen LogP contribution in [0.2, 0.25) is 0 Å². The van der Waals surface area contributed by atoms with Gasteiger partial charge in [-0.1, -0.05) is 0 Å². The Morgan fingerprint density at radius 2 is 1.77 bits per heavy atom. The minimum Gasteiger partial charge on any atom is -0.543 e. The Bertz CT molecular complexity index is 844. The predicted octanol–water partition coefficient (Wildman–Crippen LogP) is -3.71. The Kier molecular flexibility index (Phi) is 6.93. The van der Waals surface area contributed by atoms with Gasteiger partial charge in [0.05, 0.1) is 17.7 Å². The molecule has 3 amide bonds. The number of alkyl carbamates (subject to hydrolysis) is 1. The number of rotatable bonds is 4. The minimum absolute atomic E-state index is 0. The summed E-state index contributed by atoms with van der Waals surface area (Å²) in [6.07, 6.45) is -11.7. The number of piperidine rings is 1. The van der Waals surface area contributed by atoms with Crippen molar-refractivity contribution in [1.29, 1.82) is 0 Å². The minimum atomic E-state index is -5.24. The van der Waals surface area contributed by atoms with Gasteiger partial charge in [-0.15, -0.1) is 0 Å². The van der Waals surface area contributed by atoms with Crippen LogP contribution in [0.4, 0.5) is 31.1 Å². The number of amides is 3. The van der Waals surface area contributed by atoms with E-state index >= 15 is 0 Å². The Morgan fingerprint density at radius 1 is 1.16 bits per heavy atom. The van der Waals surface area contributed by atoms with Gasteiger partial charge in [-0.3, -0.25) is 9.59 Å². The Balaban J connectivity index is 0.00000341. The summed E-state index contributed by atoms with van der Waals surface area (Å²) in [6, 6.07) is -2.67. The van der Waals surface area contributed by atoms with E-state index in [-0.39, 0.29) is 41.6 Å². The molecule has 3 heterocycles. The van der Waals surface area contributed by atoms with Gasteiger partial charge < -0.3 is 29.8 Å². The zero-order valence-corrected chi connectivity index (χ0v) is 17.7. The van der Waals surface area contributed by atoms with E-state index in [0.29, 0.717) is 9.80 Å². The fourth-order valence-electron chi connectivity index (χ4n) is 3.93. The van der Waals surface area contributed by atoms with Gasteiger partial charge in [0.15, 0.2) is 0 Å². The average molecular weight is 467 g/mol. The number of hydrogen-bond acceptors (Lipinski definition) is 6. The van der Waals surface area contributed by atoms with Crippen molar-refractivity contribution in [3.63, 3.8) is 0 Å². The molecule has 16 heteroatoms. The maximum absolute atomic E-state index is 12.8. The van der Waals surface area contributed by atoms with E-state index in [2.05, 4.69) is 4.74 Å². The van der Waals surface area contributed by atoms with Gasteiger partial charge in [-0.05, 0) is 12.0 Å². The van der Waals surface area contributed by atoms with E-state index in [4.69, 9.17) is 0 Å². The predicted molar refractivity (Wildman–Crippen MR) is 77.7 cm³/mol. The first-order valence-corrected chi connectivity index (χ1v) is 8.36. The van der Waals surface area contributed by atoms with Gasteiger partial charge in [-0.2, -0.15) is 26.3 Å². The van der Waals surface area contributed by atoms with Crippen molar-refractivity contribution in [1.82, 2.24) is 15.1 Å². The van der Waals surface area contributed by atoms with Crippen LogP contribution in [0.25, 0.3) is 0 Å². The van der Waals surface area contributed by atoms with Crippen molar-refractivity contribution in [2.24, 2.45) is 5.92 Å². The van der Waals surface area contributed by atoms with E-state index in [1.165, 1.54) is 5.32 Å². The third-order valence-electron chi connectivity index (χ3n) is 5.02. The van der Waals surface area contributed by atoms with E-state index in [1.807, 2.05) is 0 Å². The van der Waals surface area contributed by atoms with Crippen LogP contribution >= 0.6 is 0 Å². The Hall–Kier alpha value is -2.00. The summed E-state index contributed by atoms with van der Waals surface area (Å²) in [4.78, 5) is 47.7. The third kappa shape index (κ3) is 4.62. The van der Waals surface area contributed by atoms with Gasteiger partial charge in [0.25, 0.3) is 5.91 Å². The van der Waals surface area contributed by atoms with Gasteiger partial charge in [0, 0.05) is 12.5 Å². The summed E-state index contributed by atoms with van der Waals surface area (Å²) in [5.41, 5.74) is -0.909. The number of carboxylic acid groups (broad SMARTS) is 1. The first-order chi connectivity index (χ1) is 13.7. The molecule has 2 saturated heterocycles. The molecule has 0 saturated carbocycles. The first kappa shape index (κ1) is 25.3. The van der Waals surface area contributed by atoms with Crippen LogP contribution in [0.5, 0.6) is 0 Å². The zero-order valence-electron chi connectivity index (χ0n) is 15.7. The van der Waals surface area contributed by atoms with Crippen LogP contribution in [0.15, 0.2) is 11.3 Å². The summed E-state index contributed by atoms with van der Waals surface area (Å²) < 4.78 is 79.2. The molecule has 3 aliphatic heterocycles. The molecule has 9 nitrogen and oxygen atoms in total. The Morgan fingerprint density at radius 3 is 2.29 bits per heavy atom. The van der Waals surface area contributed by atoms with Crippen molar-refractivity contribution in [3.8, 4) is 0 Å². The molecule has 1 N–H and O–H groups in total. The maximum atomic E-state index is 12.8. The van der Waals surface area contributed by atoms with Crippen LogP contribution < -0.4 is 40.0 Å². The van der Waals surface area contributed by atoms with Crippen LogP contribution in [0.1, 0.15) is 6.42 Å². The van der Waals surface area contributed by atoms with Crippen molar-refractivity contribution in [2.45, 2.75) is 30.9 Å². The molecule has 2 fully saturated rings. The molecule has 0 aromatic carbocycles. The Labute approximate surface area is 191 Å². The quantitative estimate of drug-likeness (QED) is 0.258. The summed E-state index contributed by atoms with van der Waals surface area (Å²) in [7, 11) is 0. The largest absolute Gasteiger partial charge is 1.00 e. The first-order valence-electron chi connectivity index (χ1n) is 8.36. The normalized spacial score (nSPS) is 24.8. The molecule has 0 spiro atoms. The fourth-order valence-corrected chi connectivity index (χ4v) is 3.93. The molecular weight excluding hydrogens is 455 g/mol. The number of alkyl halides is 6. The van der Waals surface area contributed by atoms with Crippen LogP contribution in [-0.4, -0.2) is 77.8 Å². The molecule has 31 heavy (non-hydrogen) atoms. The molecule has 166 valence electrons. The number of nitrogens with zero attached hydrogens (tertiary/aromatic N) is 2. The smallest absolute Gasteiger partial charge is 0.543 e. The van der Waals surface area contributed by atoms with E-state index < -0.39 is 79.6 Å². The monoisotopic (exact) mass is 467 g/mol. The number of halogens is 6. The standard InChI is InChI=1S/C15H13F6N3O6.Na/c16-14(17,18)4-22-13(29)30-3-6-5-1-2-23(12(28)15(19,20)21)9-7(5)24(10(9)25)8(6)11(26)27;/h5,7,9H,1-4H2,(H,22,29)(H,26,27);/q;+1/p-1/t5?,7-,9+;/m1./s1. The van der Waals surface area contributed by atoms with Crippen molar-refractivity contribution in [3.05, 3.63) is 11.3 Å². The van der Waals surface area contributed by atoms with E-state index in [1.54, 1.807) is 0 Å². The average Bonchev–Trinajstić information content (AvgIpc) is 2.94. The summed E-state index contributed by atoms with van der Waals surface area (Å²) in [5, 5.41) is 12.9. The number of likely N-dealkylation sites (tertiary alicyclic amines) is 1. The summed E-state index contributed by atoms with van der Waals surface area (Å²) in [6.45, 7) is -3.04. The van der Waals surface area contributed by atoms with Crippen molar-refractivity contribution in [2.75, 3.05) is 19.7 Å². The fraction of sp³-hybridized carbons (Fsp3) is 0.600. The topological polar surface area (TPSA) is 119 Å². The zero-order chi connectivity index (χ0) is 22.6. The molecule has 0 radical (unpaired) electrons. The number of carboxylic acids is 1. The molecule has 3 aliphatic rings. The van der Waals surface area contributed by atoms with Gasteiger partial charge >= 0.3 is 53.9 Å². The molecule has 0 aromatic heterocycles. The van der Waals surface area contributed by atoms with Crippen molar-refractivity contribution < 1.29 is 84.9 Å². The number of aliphatic carboxylic acids is 1. The van der Waals surface area contributed by atoms with Gasteiger partial charge in [0.2, 0.25) is 0 Å². The molecule has 0 aliphatic carbocycles. The van der Waals surface area contributed by atoms with Crippen LogP contribution in [0.3, 0.4) is 0 Å². The molecule has 3 rings (SSSR count). The second kappa shape index (κ2) is 8.50. The van der Waals surface area contributed by atoms with Crippen LogP contribution in [0, 0.1) is 5.92 Å². The number of ether oxygens (including phenoxy) is 1. The van der Waals surface area contributed by atoms with Crippen LogP contribution in [-0.2, 0) is 19.1 Å². The summed E-state index contributed by atoms with van der Waals surface area (Å²) in [5.74, 6) is -6.06.